The molecular weight excluding hydrogens is 398 g/mol. The summed E-state index contributed by atoms with van der Waals surface area (Å²) in [5.41, 5.74) is 1.94. The first-order chi connectivity index (χ1) is 15.0. The van der Waals surface area contributed by atoms with Crippen molar-refractivity contribution >= 4 is 23.6 Å². The van der Waals surface area contributed by atoms with Crippen LogP contribution in [0.15, 0.2) is 18.2 Å². The number of piperidine rings is 2. The van der Waals surface area contributed by atoms with Gasteiger partial charge in [-0.1, -0.05) is 12.1 Å². The Morgan fingerprint density at radius 1 is 1.13 bits per heavy atom. The second-order valence-electron chi connectivity index (χ2n) is 8.88. The van der Waals surface area contributed by atoms with Crippen LogP contribution in [-0.2, 0) is 27.5 Å². The van der Waals surface area contributed by atoms with Crippen LogP contribution < -0.4 is 16.0 Å². The molecule has 3 saturated heterocycles. The van der Waals surface area contributed by atoms with Gasteiger partial charge in [-0.2, -0.15) is 0 Å². The standard InChI is InChI=1S/C22H27N5O4/c28-18-5-4-17(19(29)25-18)27-12-15-3-2-14(10-16(15)20(27)30)11-26-9-8-24-21(31)22(26)6-1-7-23-13-22/h2-3,10,17,23H,1,4-9,11-13H2,(H,24,31)(H,25,28,29). The number of hydrogen-bond acceptors (Lipinski definition) is 6. The first-order valence-corrected chi connectivity index (χ1v) is 11.0. The molecule has 2 atom stereocenters. The molecular formula is C22H27N5O4. The van der Waals surface area contributed by atoms with Crippen LogP contribution in [0.2, 0.25) is 0 Å². The third-order valence-electron chi connectivity index (χ3n) is 7.02. The molecule has 4 amide bonds. The zero-order chi connectivity index (χ0) is 21.6. The number of nitrogens with one attached hydrogen (secondary N) is 3. The zero-order valence-corrected chi connectivity index (χ0v) is 17.4. The largest absolute Gasteiger partial charge is 0.353 e. The molecule has 3 fully saturated rings. The van der Waals surface area contributed by atoms with E-state index in [1.165, 1.54) is 0 Å². The average Bonchev–Trinajstić information content (AvgIpc) is 3.08. The van der Waals surface area contributed by atoms with E-state index < -0.39 is 17.5 Å². The Morgan fingerprint density at radius 3 is 2.77 bits per heavy atom. The van der Waals surface area contributed by atoms with Crippen molar-refractivity contribution in [1.29, 1.82) is 0 Å². The van der Waals surface area contributed by atoms with Crippen molar-refractivity contribution < 1.29 is 19.2 Å². The van der Waals surface area contributed by atoms with Gasteiger partial charge in [0, 0.05) is 44.7 Å². The molecule has 1 spiro atoms. The van der Waals surface area contributed by atoms with Gasteiger partial charge in [0.1, 0.15) is 11.6 Å². The van der Waals surface area contributed by atoms with Gasteiger partial charge in [-0.25, -0.2) is 0 Å². The Labute approximate surface area is 180 Å². The number of carbonyl (C=O) groups excluding carboxylic acids is 4. The van der Waals surface area contributed by atoms with Gasteiger partial charge in [-0.05, 0) is 43.0 Å². The van der Waals surface area contributed by atoms with Crippen molar-refractivity contribution in [3.63, 3.8) is 0 Å². The van der Waals surface area contributed by atoms with E-state index in [-0.39, 0.29) is 24.1 Å². The molecule has 0 aliphatic carbocycles. The van der Waals surface area contributed by atoms with Gasteiger partial charge in [-0.15, -0.1) is 0 Å². The summed E-state index contributed by atoms with van der Waals surface area (Å²) in [5, 5.41) is 8.71. The SMILES string of the molecule is O=C1CCC(N2Cc3ccc(CN4CCNC(=O)C45CCCNC5)cc3C2=O)C(=O)N1. The lowest BCUT2D eigenvalue weighted by atomic mass is 9.85. The zero-order valence-electron chi connectivity index (χ0n) is 17.4. The van der Waals surface area contributed by atoms with Crippen molar-refractivity contribution in [1.82, 2.24) is 25.8 Å². The number of hydrogen-bond donors (Lipinski definition) is 3. The molecule has 1 aromatic carbocycles. The van der Waals surface area contributed by atoms with E-state index in [1.54, 1.807) is 4.90 Å². The van der Waals surface area contributed by atoms with E-state index in [4.69, 9.17) is 0 Å². The Morgan fingerprint density at radius 2 is 2.00 bits per heavy atom. The summed E-state index contributed by atoms with van der Waals surface area (Å²) < 4.78 is 0. The molecule has 31 heavy (non-hydrogen) atoms. The predicted molar refractivity (Wildman–Crippen MR) is 111 cm³/mol. The molecule has 0 radical (unpaired) electrons. The predicted octanol–water partition coefficient (Wildman–Crippen LogP) is -0.498. The maximum atomic E-state index is 13.1. The molecule has 4 aliphatic heterocycles. The Balaban J connectivity index is 1.35. The molecule has 4 aliphatic rings. The van der Waals surface area contributed by atoms with Crippen molar-refractivity contribution in [2.75, 3.05) is 26.2 Å². The third kappa shape index (κ3) is 3.41. The molecule has 4 heterocycles. The number of piperazine rings is 1. The van der Waals surface area contributed by atoms with Gasteiger partial charge in [0.15, 0.2) is 0 Å². The van der Waals surface area contributed by atoms with E-state index >= 15 is 0 Å². The van der Waals surface area contributed by atoms with Gasteiger partial charge in [-0.3, -0.25) is 29.4 Å². The van der Waals surface area contributed by atoms with Gasteiger partial charge >= 0.3 is 0 Å². The number of nitrogens with zero attached hydrogens (tertiary/aromatic N) is 2. The highest BCUT2D eigenvalue weighted by Gasteiger charge is 2.47. The van der Waals surface area contributed by atoms with Crippen LogP contribution in [0.25, 0.3) is 0 Å². The van der Waals surface area contributed by atoms with E-state index in [9.17, 15) is 19.2 Å². The smallest absolute Gasteiger partial charge is 0.255 e. The maximum Gasteiger partial charge on any atom is 0.255 e. The number of amides is 4. The van der Waals surface area contributed by atoms with Crippen LogP contribution in [0, 0.1) is 0 Å². The summed E-state index contributed by atoms with van der Waals surface area (Å²) in [4.78, 5) is 53.3. The highest BCUT2D eigenvalue weighted by molar-refractivity contribution is 6.05. The van der Waals surface area contributed by atoms with Gasteiger partial charge in [0.2, 0.25) is 17.7 Å². The molecule has 9 heteroatoms. The van der Waals surface area contributed by atoms with Crippen LogP contribution in [0.3, 0.4) is 0 Å². The maximum absolute atomic E-state index is 13.1. The average molecular weight is 425 g/mol. The van der Waals surface area contributed by atoms with Gasteiger partial charge in [0.05, 0.1) is 0 Å². The van der Waals surface area contributed by atoms with Crippen LogP contribution >= 0.6 is 0 Å². The van der Waals surface area contributed by atoms with E-state index in [2.05, 4.69) is 20.9 Å². The van der Waals surface area contributed by atoms with Crippen molar-refractivity contribution in [2.45, 2.75) is 50.4 Å². The minimum Gasteiger partial charge on any atom is -0.353 e. The summed E-state index contributed by atoms with van der Waals surface area (Å²) in [7, 11) is 0. The lowest BCUT2D eigenvalue weighted by molar-refractivity contribution is -0.139. The second kappa shape index (κ2) is 7.72. The first-order valence-electron chi connectivity index (χ1n) is 11.0. The van der Waals surface area contributed by atoms with Crippen molar-refractivity contribution in [3.05, 3.63) is 34.9 Å². The monoisotopic (exact) mass is 425 g/mol. The quantitative estimate of drug-likeness (QED) is 0.564. The number of fused-ring (bicyclic) bond motifs is 1. The molecule has 1 aromatic rings. The fourth-order valence-electron chi connectivity index (χ4n) is 5.33. The lowest BCUT2D eigenvalue weighted by Gasteiger charge is -2.48. The van der Waals surface area contributed by atoms with Crippen LogP contribution in [-0.4, -0.2) is 71.2 Å². The first kappa shape index (κ1) is 20.1. The van der Waals surface area contributed by atoms with Crippen LogP contribution in [0.1, 0.15) is 47.2 Å². The molecule has 164 valence electrons. The molecule has 0 bridgehead atoms. The lowest BCUT2D eigenvalue weighted by Crippen LogP contribution is -2.69. The molecule has 9 nitrogen and oxygen atoms in total. The number of benzene rings is 1. The van der Waals surface area contributed by atoms with E-state index in [1.807, 2.05) is 18.2 Å². The molecule has 0 saturated carbocycles. The summed E-state index contributed by atoms with van der Waals surface area (Å²) in [6.07, 6.45) is 2.37. The van der Waals surface area contributed by atoms with Gasteiger partial charge < -0.3 is 15.5 Å². The number of rotatable bonds is 3. The van der Waals surface area contributed by atoms with Crippen LogP contribution in [0.4, 0.5) is 0 Å². The molecule has 5 rings (SSSR count). The fourth-order valence-corrected chi connectivity index (χ4v) is 5.33. The molecule has 2 unspecified atom stereocenters. The molecule has 3 N–H and O–H groups in total. The minimum atomic E-state index is -0.608. The Bertz CT molecular complexity index is 955. The Kier molecular flexibility index (Phi) is 5.02. The van der Waals surface area contributed by atoms with Gasteiger partial charge in [0.25, 0.3) is 5.91 Å². The summed E-state index contributed by atoms with van der Waals surface area (Å²) in [6.45, 7) is 3.90. The third-order valence-corrected chi connectivity index (χ3v) is 7.02. The number of carbonyl (C=O) groups is 4. The van der Waals surface area contributed by atoms with Crippen molar-refractivity contribution in [3.8, 4) is 0 Å². The highest BCUT2D eigenvalue weighted by atomic mass is 16.2. The van der Waals surface area contributed by atoms with Crippen LogP contribution in [0.5, 0.6) is 0 Å². The fraction of sp³-hybridized carbons (Fsp3) is 0.545. The Hall–Kier alpha value is -2.78. The normalized spacial score (nSPS) is 29.2. The topological polar surface area (TPSA) is 111 Å². The summed E-state index contributed by atoms with van der Waals surface area (Å²) in [6, 6.07) is 5.25. The highest BCUT2D eigenvalue weighted by Crippen LogP contribution is 2.31. The molecule has 0 aromatic heterocycles. The summed E-state index contributed by atoms with van der Waals surface area (Å²) >= 11 is 0. The van der Waals surface area contributed by atoms with Crippen molar-refractivity contribution in [2.24, 2.45) is 0 Å². The number of imide groups is 1. The van der Waals surface area contributed by atoms with E-state index in [0.29, 0.717) is 38.2 Å². The summed E-state index contributed by atoms with van der Waals surface area (Å²) in [5.74, 6) is -0.780. The minimum absolute atomic E-state index is 0.0761. The second-order valence-corrected chi connectivity index (χ2v) is 8.88. The van der Waals surface area contributed by atoms with E-state index in [0.717, 1.165) is 37.1 Å².